The van der Waals surface area contributed by atoms with Crippen molar-refractivity contribution in [1.29, 1.82) is 0 Å². The number of alkyl halides is 3. The number of aromatic nitrogens is 4. The van der Waals surface area contributed by atoms with Gasteiger partial charge in [-0.1, -0.05) is 17.7 Å². The maximum absolute atomic E-state index is 12.9. The number of hydrogen-bond acceptors (Lipinski definition) is 6. The van der Waals surface area contributed by atoms with Crippen molar-refractivity contribution in [3.05, 3.63) is 41.2 Å². The van der Waals surface area contributed by atoms with Crippen molar-refractivity contribution in [2.75, 3.05) is 18.5 Å². The highest BCUT2D eigenvalue weighted by Gasteiger charge is 2.37. The second kappa shape index (κ2) is 8.01. The maximum Gasteiger partial charge on any atom is 0.395 e. The van der Waals surface area contributed by atoms with Crippen molar-refractivity contribution in [2.45, 2.75) is 37.6 Å². The minimum Gasteiger partial charge on any atom is -0.389 e. The van der Waals surface area contributed by atoms with Crippen molar-refractivity contribution in [1.82, 2.24) is 19.6 Å². The Morgan fingerprint density at radius 3 is 2.77 bits per heavy atom. The number of halogens is 4. The van der Waals surface area contributed by atoms with E-state index in [0.29, 0.717) is 35.0 Å². The number of pyridine rings is 1. The molecule has 160 valence electrons. The van der Waals surface area contributed by atoms with Gasteiger partial charge < -0.3 is 15.2 Å². The van der Waals surface area contributed by atoms with E-state index < -0.39 is 18.2 Å². The summed E-state index contributed by atoms with van der Waals surface area (Å²) in [7, 11) is 0. The second-order valence-electron chi connectivity index (χ2n) is 7.18. The van der Waals surface area contributed by atoms with E-state index in [4.69, 9.17) is 16.3 Å². The molecule has 1 saturated heterocycles. The molecular weight excluding hydrogens is 423 g/mol. The van der Waals surface area contributed by atoms with Crippen LogP contribution in [0.3, 0.4) is 0 Å². The number of nitrogens with one attached hydrogen (secondary N) is 1. The summed E-state index contributed by atoms with van der Waals surface area (Å²) in [6, 6.07) is 4.28. The number of nitrogens with zero attached hydrogens (tertiary/aromatic N) is 4. The molecule has 0 aliphatic carbocycles. The van der Waals surface area contributed by atoms with E-state index in [-0.39, 0.29) is 24.2 Å². The van der Waals surface area contributed by atoms with Crippen LogP contribution in [0.25, 0.3) is 16.9 Å². The van der Waals surface area contributed by atoms with Crippen molar-refractivity contribution >= 4 is 23.1 Å². The molecule has 11 heteroatoms. The molecule has 0 amide bonds. The number of fused-ring (bicyclic) bond motifs is 1. The Hall–Kier alpha value is -2.43. The van der Waals surface area contributed by atoms with Gasteiger partial charge in [0.05, 0.1) is 47.3 Å². The monoisotopic (exact) mass is 441 g/mol. The van der Waals surface area contributed by atoms with Crippen LogP contribution in [-0.4, -0.2) is 56.2 Å². The summed E-state index contributed by atoms with van der Waals surface area (Å²) in [5, 5.41) is 18.0. The summed E-state index contributed by atoms with van der Waals surface area (Å²) in [6.07, 6.45) is -1.68. The van der Waals surface area contributed by atoms with Crippen LogP contribution in [0.15, 0.2) is 30.6 Å². The van der Waals surface area contributed by atoms with Crippen molar-refractivity contribution in [3.8, 4) is 11.4 Å². The first-order valence-corrected chi connectivity index (χ1v) is 9.71. The van der Waals surface area contributed by atoms with Crippen molar-refractivity contribution in [3.63, 3.8) is 0 Å². The van der Waals surface area contributed by atoms with Gasteiger partial charge in [0.1, 0.15) is 5.52 Å². The van der Waals surface area contributed by atoms with Crippen LogP contribution in [0.5, 0.6) is 0 Å². The van der Waals surface area contributed by atoms with Crippen LogP contribution >= 0.6 is 11.6 Å². The summed E-state index contributed by atoms with van der Waals surface area (Å²) in [5.74, 6) is -1.33. The molecule has 0 aromatic carbocycles. The van der Waals surface area contributed by atoms with Crippen molar-refractivity contribution < 1.29 is 23.0 Å². The van der Waals surface area contributed by atoms with Gasteiger partial charge in [-0.25, -0.2) is 9.50 Å². The first-order chi connectivity index (χ1) is 14.2. The summed E-state index contributed by atoms with van der Waals surface area (Å²) in [6.45, 7) is 1.84. The lowest BCUT2D eigenvalue weighted by molar-refractivity contribution is -0.146. The summed E-state index contributed by atoms with van der Waals surface area (Å²) >= 11 is 6.28. The van der Waals surface area contributed by atoms with Crippen LogP contribution in [0.4, 0.5) is 19.1 Å². The molecule has 1 aliphatic rings. The predicted octanol–water partition coefficient (Wildman–Crippen LogP) is 3.67. The molecule has 3 aromatic heterocycles. The molecule has 4 heterocycles. The first kappa shape index (κ1) is 20.8. The van der Waals surface area contributed by atoms with E-state index in [2.05, 4.69) is 20.4 Å². The molecule has 1 aliphatic heterocycles. The Morgan fingerprint density at radius 1 is 1.30 bits per heavy atom. The zero-order valence-corrected chi connectivity index (χ0v) is 16.7. The van der Waals surface area contributed by atoms with Crippen LogP contribution < -0.4 is 5.32 Å². The lowest BCUT2D eigenvalue weighted by Crippen LogP contribution is -2.42. The minimum absolute atomic E-state index is 0.0729. The van der Waals surface area contributed by atoms with Gasteiger partial charge in [-0.2, -0.15) is 13.2 Å². The normalized spacial score (nSPS) is 21.0. The average Bonchev–Trinajstić information content (AvgIpc) is 3.04. The second-order valence-corrected chi connectivity index (χ2v) is 7.59. The van der Waals surface area contributed by atoms with Gasteiger partial charge >= 0.3 is 6.18 Å². The third-order valence-corrected chi connectivity index (χ3v) is 5.45. The van der Waals surface area contributed by atoms with E-state index in [1.54, 1.807) is 6.07 Å². The lowest BCUT2D eigenvalue weighted by Gasteiger charge is -2.28. The summed E-state index contributed by atoms with van der Waals surface area (Å²) in [5.41, 5.74) is 1.54. The SMILES string of the molecule is C[C@@H](c1ccc(-c2cc(Cl)c3cnc(N[C@@H]4CCOC[C@H]4O)nn23)nc1)C(F)(F)F. The van der Waals surface area contributed by atoms with Crippen LogP contribution in [0.1, 0.15) is 24.8 Å². The highest BCUT2D eigenvalue weighted by Crippen LogP contribution is 2.35. The van der Waals surface area contributed by atoms with Crippen LogP contribution in [0, 0.1) is 0 Å². The Kier molecular flexibility index (Phi) is 5.56. The van der Waals surface area contributed by atoms with Crippen LogP contribution in [0.2, 0.25) is 5.02 Å². The fraction of sp³-hybridized carbons (Fsp3) is 0.421. The number of hydrogen-bond donors (Lipinski definition) is 2. The van der Waals surface area contributed by atoms with Crippen molar-refractivity contribution in [2.24, 2.45) is 0 Å². The number of anilines is 1. The molecule has 3 atom stereocenters. The third kappa shape index (κ3) is 4.07. The summed E-state index contributed by atoms with van der Waals surface area (Å²) < 4.78 is 45.5. The molecule has 3 aromatic rings. The molecule has 1 fully saturated rings. The quantitative estimate of drug-likeness (QED) is 0.642. The molecule has 7 nitrogen and oxygen atoms in total. The molecular formula is C19H19ClF3N5O2. The largest absolute Gasteiger partial charge is 0.395 e. The van der Waals surface area contributed by atoms with Gasteiger partial charge in [-0.15, -0.1) is 5.10 Å². The number of ether oxygens (including phenoxy) is 1. The van der Waals surface area contributed by atoms with E-state index in [1.807, 2.05) is 0 Å². The lowest BCUT2D eigenvalue weighted by atomic mass is 10.0. The standard InChI is InChI=1S/C19H19ClF3N5O2/c1-10(19(21,22)23)11-2-3-13(24-7-11)15-6-12(20)16-8-25-18(27-28(15)16)26-14-4-5-30-9-17(14)29/h2-3,6-8,10,14,17,29H,4-5,9H2,1H3,(H,26,27)/t10-,14+,17+/m0/s1. The van der Waals surface area contributed by atoms with Gasteiger partial charge in [0.2, 0.25) is 5.95 Å². The first-order valence-electron chi connectivity index (χ1n) is 9.33. The molecule has 0 bridgehead atoms. The highest BCUT2D eigenvalue weighted by molar-refractivity contribution is 6.34. The number of aliphatic hydroxyl groups is 1. The van der Waals surface area contributed by atoms with Gasteiger partial charge in [-0.3, -0.25) is 4.98 Å². The number of aliphatic hydroxyl groups excluding tert-OH is 1. The third-order valence-electron chi connectivity index (χ3n) is 5.15. The Morgan fingerprint density at radius 2 is 2.10 bits per heavy atom. The smallest absolute Gasteiger partial charge is 0.389 e. The Labute approximate surface area is 174 Å². The number of rotatable bonds is 4. The minimum atomic E-state index is -4.34. The molecule has 2 N–H and O–H groups in total. The topological polar surface area (TPSA) is 84.6 Å². The van der Waals surface area contributed by atoms with Gasteiger partial charge in [0.25, 0.3) is 0 Å². The molecule has 4 rings (SSSR count). The molecule has 0 spiro atoms. The van der Waals surface area contributed by atoms with E-state index in [0.717, 1.165) is 6.92 Å². The molecule has 0 saturated carbocycles. The fourth-order valence-corrected chi connectivity index (χ4v) is 3.49. The van der Waals surface area contributed by atoms with Crippen LogP contribution in [-0.2, 0) is 4.74 Å². The predicted molar refractivity (Wildman–Crippen MR) is 105 cm³/mol. The van der Waals surface area contributed by atoms with Gasteiger partial charge in [-0.05, 0) is 31.0 Å². The molecule has 0 unspecified atom stereocenters. The zero-order chi connectivity index (χ0) is 21.5. The molecule has 30 heavy (non-hydrogen) atoms. The molecule has 0 radical (unpaired) electrons. The van der Waals surface area contributed by atoms with E-state index >= 15 is 0 Å². The zero-order valence-electron chi connectivity index (χ0n) is 15.9. The average molecular weight is 442 g/mol. The van der Waals surface area contributed by atoms with Gasteiger partial charge in [0, 0.05) is 12.8 Å². The fourth-order valence-electron chi connectivity index (χ4n) is 3.26. The van der Waals surface area contributed by atoms with E-state index in [1.165, 1.54) is 29.0 Å². The van der Waals surface area contributed by atoms with Gasteiger partial charge in [0.15, 0.2) is 0 Å². The summed E-state index contributed by atoms with van der Waals surface area (Å²) in [4.78, 5) is 8.43. The highest BCUT2D eigenvalue weighted by atomic mass is 35.5. The Balaban J connectivity index is 1.65. The Bertz CT molecular complexity index is 1040. The maximum atomic E-state index is 12.9. The van der Waals surface area contributed by atoms with E-state index in [9.17, 15) is 18.3 Å².